The SMILES string of the molecule is Cc1cccc(OCC(O)CSc2nnnn2CC(C)C)c1. The topological polar surface area (TPSA) is 73.1 Å². The van der Waals surface area contributed by atoms with Crippen molar-refractivity contribution in [3.05, 3.63) is 29.8 Å². The van der Waals surface area contributed by atoms with E-state index in [-0.39, 0.29) is 6.61 Å². The molecule has 0 bridgehead atoms. The van der Waals surface area contributed by atoms with Crippen molar-refractivity contribution in [2.75, 3.05) is 12.4 Å². The largest absolute Gasteiger partial charge is 0.491 e. The summed E-state index contributed by atoms with van der Waals surface area (Å²) in [5, 5.41) is 22.4. The molecule has 120 valence electrons. The molecule has 1 aromatic heterocycles. The highest BCUT2D eigenvalue weighted by molar-refractivity contribution is 7.99. The van der Waals surface area contributed by atoms with Gasteiger partial charge in [-0.2, -0.15) is 0 Å². The van der Waals surface area contributed by atoms with E-state index >= 15 is 0 Å². The van der Waals surface area contributed by atoms with Gasteiger partial charge in [-0.15, -0.1) is 5.10 Å². The molecule has 22 heavy (non-hydrogen) atoms. The van der Waals surface area contributed by atoms with Gasteiger partial charge in [-0.05, 0) is 41.0 Å². The van der Waals surface area contributed by atoms with E-state index in [2.05, 4.69) is 29.4 Å². The monoisotopic (exact) mass is 322 g/mol. The van der Waals surface area contributed by atoms with E-state index < -0.39 is 6.10 Å². The van der Waals surface area contributed by atoms with Crippen molar-refractivity contribution in [2.24, 2.45) is 5.92 Å². The maximum absolute atomic E-state index is 10.0. The summed E-state index contributed by atoms with van der Waals surface area (Å²) < 4.78 is 7.36. The van der Waals surface area contributed by atoms with E-state index in [1.165, 1.54) is 11.8 Å². The molecule has 0 spiro atoms. The molecule has 0 aliphatic heterocycles. The van der Waals surface area contributed by atoms with Crippen molar-refractivity contribution in [3.63, 3.8) is 0 Å². The lowest BCUT2D eigenvalue weighted by Crippen LogP contribution is -2.20. The minimum Gasteiger partial charge on any atom is -0.491 e. The highest BCUT2D eigenvalue weighted by Crippen LogP contribution is 2.17. The number of hydrogen-bond acceptors (Lipinski definition) is 6. The van der Waals surface area contributed by atoms with Gasteiger partial charge in [0.15, 0.2) is 0 Å². The Kier molecular flexibility index (Phi) is 6.21. The van der Waals surface area contributed by atoms with Gasteiger partial charge in [0.25, 0.3) is 0 Å². The summed E-state index contributed by atoms with van der Waals surface area (Å²) >= 11 is 1.44. The molecule has 0 fully saturated rings. The van der Waals surface area contributed by atoms with E-state index in [4.69, 9.17) is 4.74 Å². The van der Waals surface area contributed by atoms with Crippen molar-refractivity contribution in [1.82, 2.24) is 20.2 Å². The van der Waals surface area contributed by atoms with Crippen molar-refractivity contribution < 1.29 is 9.84 Å². The third kappa shape index (κ3) is 5.31. The lowest BCUT2D eigenvalue weighted by Gasteiger charge is -2.12. The number of aliphatic hydroxyl groups excluding tert-OH is 1. The van der Waals surface area contributed by atoms with Gasteiger partial charge in [0.1, 0.15) is 12.4 Å². The van der Waals surface area contributed by atoms with Crippen LogP contribution in [0.2, 0.25) is 0 Å². The Bertz CT molecular complexity index is 588. The number of tetrazole rings is 1. The summed E-state index contributed by atoms with van der Waals surface area (Å²) in [5.74, 6) is 1.73. The van der Waals surface area contributed by atoms with Gasteiger partial charge in [0.2, 0.25) is 5.16 Å². The summed E-state index contributed by atoms with van der Waals surface area (Å²) in [6, 6.07) is 7.78. The summed E-state index contributed by atoms with van der Waals surface area (Å²) in [4.78, 5) is 0. The molecule has 2 aromatic rings. The maximum atomic E-state index is 10.0. The van der Waals surface area contributed by atoms with Crippen LogP contribution in [0, 0.1) is 12.8 Å². The fourth-order valence-corrected chi connectivity index (χ4v) is 2.67. The predicted octanol–water partition coefficient (Wildman–Crippen LogP) is 2.17. The van der Waals surface area contributed by atoms with Gasteiger partial charge in [-0.1, -0.05) is 37.7 Å². The first-order valence-electron chi connectivity index (χ1n) is 7.31. The first-order chi connectivity index (χ1) is 10.5. The molecule has 7 heteroatoms. The zero-order valence-corrected chi connectivity index (χ0v) is 14.0. The number of thioether (sulfide) groups is 1. The molecule has 0 aliphatic rings. The molecule has 0 aliphatic carbocycles. The fourth-order valence-electron chi connectivity index (χ4n) is 1.88. The Morgan fingerprint density at radius 2 is 2.18 bits per heavy atom. The average molecular weight is 322 g/mol. The van der Waals surface area contributed by atoms with Gasteiger partial charge in [0, 0.05) is 12.3 Å². The normalized spacial score (nSPS) is 12.6. The zero-order chi connectivity index (χ0) is 15.9. The molecule has 6 nitrogen and oxygen atoms in total. The van der Waals surface area contributed by atoms with Gasteiger partial charge in [-0.3, -0.25) is 0 Å². The molecule has 0 saturated carbocycles. The fraction of sp³-hybridized carbons (Fsp3) is 0.533. The van der Waals surface area contributed by atoms with Crippen LogP contribution < -0.4 is 4.74 Å². The van der Waals surface area contributed by atoms with Crippen molar-refractivity contribution >= 4 is 11.8 Å². The number of benzene rings is 1. The number of rotatable bonds is 8. The Morgan fingerprint density at radius 3 is 2.91 bits per heavy atom. The minimum atomic E-state index is -0.574. The van der Waals surface area contributed by atoms with Crippen molar-refractivity contribution in [3.8, 4) is 5.75 Å². The quantitative estimate of drug-likeness (QED) is 0.751. The third-order valence-corrected chi connectivity index (χ3v) is 3.98. The number of aliphatic hydroxyl groups is 1. The van der Waals surface area contributed by atoms with Crippen molar-refractivity contribution in [2.45, 2.75) is 38.6 Å². The Balaban J connectivity index is 1.78. The standard InChI is InChI=1S/C15H22N4O2S/c1-11(2)8-19-15(16-17-18-19)22-10-13(20)9-21-14-6-4-5-12(3)7-14/h4-7,11,13,20H,8-10H2,1-3H3. The molecule has 1 heterocycles. The highest BCUT2D eigenvalue weighted by atomic mass is 32.2. The maximum Gasteiger partial charge on any atom is 0.209 e. The molecule has 1 N–H and O–H groups in total. The van der Waals surface area contributed by atoms with Crippen LogP contribution in [0.3, 0.4) is 0 Å². The van der Waals surface area contributed by atoms with Crippen LogP contribution in [0.1, 0.15) is 19.4 Å². The van der Waals surface area contributed by atoms with Crippen LogP contribution in [-0.4, -0.2) is 43.8 Å². The minimum absolute atomic E-state index is 0.252. The molecule has 1 aromatic carbocycles. The highest BCUT2D eigenvalue weighted by Gasteiger charge is 2.12. The van der Waals surface area contributed by atoms with Gasteiger partial charge in [-0.25, -0.2) is 4.68 Å². The van der Waals surface area contributed by atoms with Gasteiger partial charge < -0.3 is 9.84 Å². The van der Waals surface area contributed by atoms with E-state index in [0.717, 1.165) is 23.0 Å². The van der Waals surface area contributed by atoms with Crippen LogP contribution in [0.15, 0.2) is 29.4 Å². The lowest BCUT2D eigenvalue weighted by molar-refractivity contribution is 0.126. The Morgan fingerprint density at radius 1 is 1.36 bits per heavy atom. The first-order valence-corrected chi connectivity index (χ1v) is 8.29. The summed E-state index contributed by atoms with van der Waals surface area (Å²) in [7, 11) is 0. The van der Waals surface area contributed by atoms with E-state index in [1.54, 1.807) is 4.68 Å². The second kappa shape index (κ2) is 8.14. The number of aromatic nitrogens is 4. The van der Waals surface area contributed by atoms with Crippen LogP contribution >= 0.6 is 11.8 Å². The van der Waals surface area contributed by atoms with Crippen LogP contribution in [0.4, 0.5) is 0 Å². The average Bonchev–Trinajstić information content (AvgIpc) is 2.89. The molecule has 0 saturated heterocycles. The number of ether oxygens (including phenoxy) is 1. The number of hydrogen-bond donors (Lipinski definition) is 1. The summed E-state index contributed by atoms with van der Waals surface area (Å²) in [5.41, 5.74) is 1.13. The second-order valence-electron chi connectivity index (χ2n) is 5.63. The predicted molar refractivity (Wildman–Crippen MR) is 86.1 cm³/mol. The second-order valence-corrected chi connectivity index (χ2v) is 6.62. The van der Waals surface area contributed by atoms with Crippen LogP contribution in [0.25, 0.3) is 0 Å². The molecule has 2 rings (SSSR count). The molecule has 0 amide bonds. The molecule has 0 radical (unpaired) electrons. The van der Waals surface area contributed by atoms with Crippen LogP contribution in [-0.2, 0) is 6.54 Å². The Labute approximate surface area is 134 Å². The number of nitrogens with zero attached hydrogens (tertiary/aromatic N) is 4. The van der Waals surface area contributed by atoms with Crippen LogP contribution in [0.5, 0.6) is 5.75 Å². The van der Waals surface area contributed by atoms with E-state index in [9.17, 15) is 5.11 Å². The molecule has 1 unspecified atom stereocenters. The summed E-state index contributed by atoms with van der Waals surface area (Å²) in [6.07, 6.45) is -0.574. The molecular formula is C15H22N4O2S. The zero-order valence-electron chi connectivity index (χ0n) is 13.1. The molecular weight excluding hydrogens is 300 g/mol. The van der Waals surface area contributed by atoms with Crippen molar-refractivity contribution in [1.29, 1.82) is 0 Å². The van der Waals surface area contributed by atoms with E-state index in [0.29, 0.717) is 11.7 Å². The van der Waals surface area contributed by atoms with Gasteiger partial charge >= 0.3 is 0 Å². The lowest BCUT2D eigenvalue weighted by atomic mass is 10.2. The first kappa shape index (κ1) is 16.8. The summed E-state index contributed by atoms with van der Waals surface area (Å²) in [6.45, 7) is 7.25. The van der Waals surface area contributed by atoms with Gasteiger partial charge in [0.05, 0.1) is 6.10 Å². The Hall–Kier alpha value is -1.60. The van der Waals surface area contributed by atoms with E-state index in [1.807, 2.05) is 31.2 Å². The smallest absolute Gasteiger partial charge is 0.209 e. The third-order valence-electron chi connectivity index (χ3n) is 2.87. The number of aryl methyl sites for hydroxylation is 1. The molecule has 1 atom stereocenters.